The van der Waals surface area contributed by atoms with Gasteiger partial charge in [0.2, 0.25) is 0 Å². The van der Waals surface area contributed by atoms with Gasteiger partial charge in [-0.3, -0.25) is 4.98 Å². The number of nitrogens with zero attached hydrogens (tertiary/aromatic N) is 2. The third-order valence-electron chi connectivity index (χ3n) is 3.92. The molecule has 3 nitrogen and oxygen atoms in total. The van der Waals surface area contributed by atoms with Gasteiger partial charge in [-0.15, -0.1) is 0 Å². The van der Waals surface area contributed by atoms with E-state index in [9.17, 15) is 0 Å². The van der Waals surface area contributed by atoms with E-state index in [1.165, 1.54) is 15.8 Å². The van der Waals surface area contributed by atoms with E-state index < -0.39 is 0 Å². The predicted octanol–water partition coefficient (Wildman–Crippen LogP) is 5.20. The maximum Gasteiger partial charge on any atom is 0.184 e. The molecule has 0 radical (unpaired) electrons. The van der Waals surface area contributed by atoms with Gasteiger partial charge in [-0.1, -0.05) is 59.4 Å². The number of rotatable bonds is 4. The maximum atomic E-state index is 4.71. The summed E-state index contributed by atoms with van der Waals surface area (Å²) in [7, 11) is 0. The molecule has 0 spiro atoms. The highest BCUT2D eigenvalue weighted by molar-refractivity contribution is 7.22. The molecule has 2 heterocycles. The third-order valence-corrected chi connectivity index (χ3v) is 4.89. The second-order valence-corrected chi connectivity index (χ2v) is 6.76. The van der Waals surface area contributed by atoms with Crippen LogP contribution >= 0.6 is 11.3 Å². The summed E-state index contributed by atoms with van der Waals surface area (Å²) in [6.45, 7) is 2.11. The summed E-state index contributed by atoms with van der Waals surface area (Å²) in [5.41, 5.74) is 4.43. The molecule has 1 N–H and O–H groups in total. The van der Waals surface area contributed by atoms with Crippen LogP contribution in [0.1, 0.15) is 22.9 Å². The van der Waals surface area contributed by atoms with Gasteiger partial charge in [0.05, 0.1) is 22.0 Å². The Balaban J connectivity index is 1.75. The molecule has 0 aliphatic carbocycles. The Bertz CT molecular complexity index is 930. The lowest BCUT2D eigenvalue weighted by Gasteiger charge is -2.18. The molecule has 0 bridgehead atoms. The van der Waals surface area contributed by atoms with E-state index in [1.54, 1.807) is 11.3 Å². The molecule has 2 aromatic carbocycles. The van der Waals surface area contributed by atoms with E-state index in [1.807, 2.05) is 42.6 Å². The summed E-state index contributed by atoms with van der Waals surface area (Å²) in [5.74, 6) is 0. The number of aromatic nitrogens is 2. The van der Waals surface area contributed by atoms with Crippen molar-refractivity contribution in [1.29, 1.82) is 0 Å². The van der Waals surface area contributed by atoms with Crippen molar-refractivity contribution >= 4 is 26.7 Å². The van der Waals surface area contributed by atoms with Crippen LogP contribution in [0.4, 0.5) is 5.13 Å². The van der Waals surface area contributed by atoms with Gasteiger partial charge in [0.1, 0.15) is 0 Å². The number of benzene rings is 2. The van der Waals surface area contributed by atoms with Crippen LogP contribution in [0.5, 0.6) is 0 Å². The van der Waals surface area contributed by atoms with Crippen molar-refractivity contribution in [2.45, 2.75) is 13.0 Å². The average molecular weight is 331 g/mol. The van der Waals surface area contributed by atoms with Gasteiger partial charge >= 0.3 is 0 Å². The van der Waals surface area contributed by atoms with Gasteiger partial charge in [-0.05, 0) is 36.8 Å². The Kier molecular flexibility index (Phi) is 3.97. The fourth-order valence-electron chi connectivity index (χ4n) is 2.78. The number of anilines is 1. The largest absolute Gasteiger partial charge is 0.349 e. The van der Waals surface area contributed by atoms with E-state index in [-0.39, 0.29) is 6.04 Å². The molecule has 0 aliphatic heterocycles. The van der Waals surface area contributed by atoms with E-state index in [2.05, 4.69) is 47.6 Å². The van der Waals surface area contributed by atoms with Crippen LogP contribution in [0.15, 0.2) is 72.9 Å². The molecule has 1 unspecified atom stereocenters. The van der Waals surface area contributed by atoms with Crippen molar-refractivity contribution in [3.8, 4) is 0 Å². The van der Waals surface area contributed by atoms with Crippen LogP contribution in [-0.2, 0) is 0 Å². The van der Waals surface area contributed by atoms with Crippen LogP contribution in [0.2, 0.25) is 0 Å². The zero-order chi connectivity index (χ0) is 16.4. The summed E-state index contributed by atoms with van der Waals surface area (Å²) < 4.78 is 1.18. The molecule has 1 atom stereocenters. The molecule has 0 amide bonds. The lowest BCUT2D eigenvalue weighted by molar-refractivity contribution is 0.883. The topological polar surface area (TPSA) is 37.8 Å². The first-order valence-corrected chi connectivity index (χ1v) is 8.71. The van der Waals surface area contributed by atoms with Crippen LogP contribution in [0, 0.1) is 6.92 Å². The number of hydrogen-bond donors (Lipinski definition) is 1. The molecule has 4 aromatic rings. The first-order chi connectivity index (χ1) is 11.8. The van der Waals surface area contributed by atoms with E-state index in [0.29, 0.717) is 0 Å². The van der Waals surface area contributed by atoms with Gasteiger partial charge < -0.3 is 5.32 Å². The van der Waals surface area contributed by atoms with Gasteiger partial charge in [0.15, 0.2) is 5.13 Å². The standard InChI is InChI=1S/C20H17N3S/c1-14-7-6-8-15(13-14)19(17-10-4-5-12-21-17)23-20-22-16-9-2-3-11-18(16)24-20/h2-13,19H,1H3,(H,22,23). The molecule has 118 valence electrons. The highest BCUT2D eigenvalue weighted by atomic mass is 32.1. The molecule has 2 aromatic heterocycles. The summed E-state index contributed by atoms with van der Waals surface area (Å²) in [6, 6.07) is 22.7. The fraction of sp³-hybridized carbons (Fsp3) is 0.100. The number of para-hydroxylation sites is 1. The summed E-state index contributed by atoms with van der Waals surface area (Å²) in [5, 5.41) is 4.48. The first kappa shape index (κ1) is 14.8. The number of hydrogen-bond acceptors (Lipinski definition) is 4. The average Bonchev–Trinajstić information content (AvgIpc) is 3.03. The normalized spacial score (nSPS) is 12.2. The molecular weight excluding hydrogens is 314 g/mol. The van der Waals surface area contributed by atoms with Gasteiger partial charge in [-0.2, -0.15) is 0 Å². The SMILES string of the molecule is Cc1cccc(C(Nc2nc3ccccc3s2)c2ccccn2)c1. The van der Waals surface area contributed by atoms with Crippen LogP contribution in [-0.4, -0.2) is 9.97 Å². The monoisotopic (exact) mass is 331 g/mol. The van der Waals surface area contributed by atoms with Crippen LogP contribution in [0.3, 0.4) is 0 Å². The Morgan fingerprint density at radius 1 is 0.958 bits per heavy atom. The zero-order valence-corrected chi connectivity index (χ0v) is 14.1. The first-order valence-electron chi connectivity index (χ1n) is 7.89. The van der Waals surface area contributed by atoms with Crippen molar-refractivity contribution in [1.82, 2.24) is 9.97 Å². The maximum absolute atomic E-state index is 4.71. The van der Waals surface area contributed by atoms with Crippen molar-refractivity contribution in [3.05, 3.63) is 89.7 Å². The summed E-state index contributed by atoms with van der Waals surface area (Å²) in [4.78, 5) is 9.26. The van der Waals surface area contributed by atoms with E-state index in [0.717, 1.165) is 16.3 Å². The van der Waals surface area contributed by atoms with Crippen molar-refractivity contribution in [3.63, 3.8) is 0 Å². The number of pyridine rings is 1. The van der Waals surface area contributed by atoms with Crippen molar-refractivity contribution in [2.75, 3.05) is 5.32 Å². The molecule has 0 saturated heterocycles. The molecule has 0 aliphatic rings. The molecule has 24 heavy (non-hydrogen) atoms. The Hall–Kier alpha value is -2.72. The zero-order valence-electron chi connectivity index (χ0n) is 13.3. The number of aryl methyl sites for hydroxylation is 1. The quantitative estimate of drug-likeness (QED) is 0.558. The third kappa shape index (κ3) is 3.01. The summed E-state index contributed by atoms with van der Waals surface area (Å²) in [6.07, 6.45) is 1.83. The Labute approximate surface area is 145 Å². The molecule has 4 rings (SSSR count). The lowest BCUT2D eigenvalue weighted by Crippen LogP contribution is -2.13. The van der Waals surface area contributed by atoms with Crippen molar-refractivity contribution < 1.29 is 0 Å². The highest BCUT2D eigenvalue weighted by Crippen LogP contribution is 2.31. The second-order valence-electron chi connectivity index (χ2n) is 5.73. The minimum Gasteiger partial charge on any atom is -0.349 e. The number of fused-ring (bicyclic) bond motifs is 1. The number of nitrogens with one attached hydrogen (secondary N) is 1. The smallest absolute Gasteiger partial charge is 0.184 e. The predicted molar refractivity (Wildman–Crippen MR) is 101 cm³/mol. The second kappa shape index (κ2) is 6.42. The number of thiazole rings is 1. The van der Waals surface area contributed by atoms with E-state index in [4.69, 9.17) is 4.98 Å². The van der Waals surface area contributed by atoms with Gasteiger partial charge in [0.25, 0.3) is 0 Å². The molecule has 0 fully saturated rings. The Morgan fingerprint density at radius 3 is 2.62 bits per heavy atom. The minimum atomic E-state index is -0.0216. The molecular formula is C20H17N3S. The van der Waals surface area contributed by atoms with Crippen molar-refractivity contribution in [2.24, 2.45) is 0 Å². The minimum absolute atomic E-state index is 0.0216. The van der Waals surface area contributed by atoms with Gasteiger partial charge in [0, 0.05) is 6.20 Å². The fourth-order valence-corrected chi connectivity index (χ4v) is 3.68. The summed E-state index contributed by atoms with van der Waals surface area (Å²) >= 11 is 1.67. The van der Waals surface area contributed by atoms with Crippen LogP contribution < -0.4 is 5.32 Å². The van der Waals surface area contributed by atoms with Gasteiger partial charge in [-0.25, -0.2) is 4.98 Å². The van der Waals surface area contributed by atoms with Crippen LogP contribution in [0.25, 0.3) is 10.2 Å². The molecule has 4 heteroatoms. The Morgan fingerprint density at radius 2 is 1.83 bits per heavy atom. The highest BCUT2D eigenvalue weighted by Gasteiger charge is 2.17. The molecule has 0 saturated carbocycles. The lowest BCUT2D eigenvalue weighted by atomic mass is 10.0. The van der Waals surface area contributed by atoms with E-state index >= 15 is 0 Å².